The largest absolute Gasteiger partial charge is 0.439 e. The Hall–Kier alpha value is -3.40. The molecule has 3 amide bonds. The smallest absolute Gasteiger partial charge is 0.329 e. The molecule has 1 fully saturated rings. The summed E-state index contributed by atoms with van der Waals surface area (Å²) in [6, 6.07) is 9.70. The summed E-state index contributed by atoms with van der Waals surface area (Å²) in [4.78, 5) is 29.5. The SMILES string of the molecule is CC[C@@H]1NC(=O)N(c2ccc(Oc3ccc(C#N)c(C(C)C)c3)nc2)C1=O. The first-order valence-electron chi connectivity index (χ1n) is 8.77. The van der Waals surface area contributed by atoms with Gasteiger partial charge >= 0.3 is 6.03 Å². The van der Waals surface area contributed by atoms with E-state index in [2.05, 4.69) is 16.4 Å². The molecule has 1 aliphatic heterocycles. The van der Waals surface area contributed by atoms with Crippen LogP contribution in [0.3, 0.4) is 0 Å². The first kappa shape index (κ1) is 18.4. The Labute approximate surface area is 157 Å². The van der Waals surface area contributed by atoms with Gasteiger partial charge in [0.05, 0.1) is 23.5 Å². The lowest BCUT2D eigenvalue weighted by atomic mass is 9.98. The first-order valence-corrected chi connectivity index (χ1v) is 8.77. The molecular formula is C20H20N4O3. The van der Waals surface area contributed by atoms with Gasteiger partial charge in [0.1, 0.15) is 11.8 Å². The van der Waals surface area contributed by atoms with Gasteiger partial charge in [-0.1, -0.05) is 20.8 Å². The number of hydrogen-bond acceptors (Lipinski definition) is 5. The predicted molar refractivity (Wildman–Crippen MR) is 99.7 cm³/mol. The van der Waals surface area contributed by atoms with Crippen molar-refractivity contribution in [3.63, 3.8) is 0 Å². The molecule has 138 valence electrons. The lowest BCUT2D eigenvalue weighted by Gasteiger charge is -2.14. The molecule has 1 aromatic carbocycles. The molecule has 0 saturated carbocycles. The zero-order valence-electron chi connectivity index (χ0n) is 15.4. The Balaban J connectivity index is 1.79. The molecular weight excluding hydrogens is 344 g/mol. The molecule has 2 heterocycles. The minimum atomic E-state index is -0.499. The normalized spacial score (nSPS) is 16.4. The molecule has 1 atom stereocenters. The Kier molecular flexibility index (Phi) is 5.08. The highest BCUT2D eigenvalue weighted by atomic mass is 16.5. The third-order valence-electron chi connectivity index (χ3n) is 4.39. The van der Waals surface area contributed by atoms with Crippen LogP contribution < -0.4 is 15.0 Å². The number of imide groups is 1. The Bertz CT molecular complexity index is 916. The van der Waals surface area contributed by atoms with Crippen molar-refractivity contribution in [2.75, 3.05) is 4.90 Å². The van der Waals surface area contributed by atoms with E-state index >= 15 is 0 Å². The molecule has 0 aliphatic carbocycles. The number of aromatic nitrogens is 1. The number of benzene rings is 1. The van der Waals surface area contributed by atoms with Crippen LogP contribution in [0.15, 0.2) is 36.5 Å². The summed E-state index contributed by atoms with van der Waals surface area (Å²) >= 11 is 0. The third-order valence-corrected chi connectivity index (χ3v) is 4.39. The second-order valence-electron chi connectivity index (χ2n) is 6.56. The van der Waals surface area contributed by atoms with Crippen molar-refractivity contribution >= 4 is 17.6 Å². The van der Waals surface area contributed by atoms with Crippen LogP contribution in [-0.2, 0) is 4.79 Å². The monoisotopic (exact) mass is 364 g/mol. The molecule has 1 N–H and O–H groups in total. The highest BCUT2D eigenvalue weighted by Gasteiger charge is 2.37. The lowest BCUT2D eigenvalue weighted by Crippen LogP contribution is -2.31. The van der Waals surface area contributed by atoms with Gasteiger partial charge in [0.25, 0.3) is 5.91 Å². The van der Waals surface area contributed by atoms with E-state index < -0.39 is 12.1 Å². The van der Waals surface area contributed by atoms with E-state index in [0.29, 0.717) is 29.3 Å². The van der Waals surface area contributed by atoms with Gasteiger partial charge in [-0.15, -0.1) is 0 Å². The lowest BCUT2D eigenvalue weighted by molar-refractivity contribution is -0.118. The standard InChI is InChI=1S/C20H20N4O3/c1-4-17-19(25)24(20(26)23-17)14-6-8-18(22-11-14)27-15-7-5-13(10-21)16(9-15)12(2)3/h5-9,11-12,17H,4H2,1-3H3,(H,23,26)/t17-/m0/s1. The average Bonchev–Trinajstić information content (AvgIpc) is 2.96. The second kappa shape index (κ2) is 7.46. The molecule has 0 spiro atoms. The van der Waals surface area contributed by atoms with Gasteiger partial charge < -0.3 is 10.1 Å². The molecule has 1 saturated heterocycles. The Morgan fingerprint density at radius 2 is 2.07 bits per heavy atom. The van der Waals surface area contributed by atoms with E-state index in [9.17, 15) is 14.9 Å². The van der Waals surface area contributed by atoms with Crippen molar-refractivity contribution in [2.45, 2.75) is 39.2 Å². The molecule has 2 aromatic rings. The van der Waals surface area contributed by atoms with Crippen LogP contribution in [0.2, 0.25) is 0 Å². The van der Waals surface area contributed by atoms with Crippen molar-refractivity contribution in [1.82, 2.24) is 10.3 Å². The molecule has 7 nitrogen and oxygen atoms in total. The van der Waals surface area contributed by atoms with Crippen LogP contribution in [0, 0.1) is 11.3 Å². The Morgan fingerprint density at radius 3 is 2.63 bits per heavy atom. The van der Waals surface area contributed by atoms with E-state index in [1.54, 1.807) is 24.3 Å². The maximum Gasteiger partial charge on any atom is 0.329 e. The fraction of sp³-hybridized carbons (Fsp3) is 0.300. The fourth-order valence-electron chi connectivity index (χ4n) is 2.92. The summed E-state index contributed by atoms with van der Waals surface area (Å²) in [6.45, 7) is 5.86. The van der Waals surface area contributed by atoms with Gasteiger partial charge in [0.15, 0.2) is 0 Å². The van der Waals surface area contributed by atoms with E-state index in [-0.39, 0.29) is 11.8 Å². The average molecular weight is 364 g/mol. The molecule has 0 bridgehead atoms. The number of anilines is 1. The number of nitriles is 1. The molecule has 3 rings (SSSR count). The molecule has 0 unspecified atom stereocenters. The van der Waals surface area contributed by atoms with E-state index in [1.165, 1.54) is 6.20 Å². The van der Waals surface area contributed by atoms with Crippen molar-refractivity contribution in [2.24, 2.45) is 0 Å². The van der Waals surface area contributed by atoms with Gasteiger partial charge in [-0.25, -0.2) is 14.7 Å². The molecule has 7 heteroatoms. The van der Waals surface area contributed by atoms with Gasteiger partial charge in [-0.2, -0.15) is 5.26 Å². The van der Waals surface area contributed by atoms with Crippen molar-refractivity contribution < 1.29 is 14.3 Å². The number of nitrogens with one attached hydrogen (secondary N) is 1. The summed E-state index contributed by atoms with van der Waals surface area (Å²) in [5, 5.41) is 11.8. The number of carbonyl (C=O) groups is 2. The number of ether oxygens (including phenoxy) is 1. The quantitative estimate of drug-likeness (QED) is 0.816. The highest BCUT2D eigenvalue weighted by molar-refractivity contribution is 6.21. The number of nitrogens with zero attached hydrogens (tertiary/aromatic N) is 3. The first-order chi connectivity index (χ1) is 12.9. The van der Waals surface area contributed by atoms with Crippen LogP contribution >= 0.6 is 0 Å². The van der Waals surface area contributed by atoms with Crippen LogP contribution in [0.1, 0.15) is 44.2 Å². The minimum absolute atomic E-state index is 0.185. The van der Waals surface area contributed by atoms with E-state index in [0.717, 1.165) is 10.5 Å². The van der Waals surface area contributed by atoms with E-state index in [4.69, 9.17) is 4.74 Å². The molecule has 27 heavy (non-hydrogen) atoms. The molecule has 1 aromatic heterocycles. The van der Waals surface area contributed by atoms with Gasteiger partial charge in [0.2, 0.25) is 5.88 Å². The zero-order valence-corrected chi connectivity index (χ0v) is 15.4. The third kappa shape index (κ3) is 3.60. The summed E-state index contributed by atoms with van der Waals surface area (Å²) < 4.78 is 5.76. The summed E-state index contributed by atoms with van der Waals surface area (Å²) in [6.07, 6.45) is 1.96. The second-order valence-corrected chi connectivity index (χ2v) is 6.56. The van der Waals surface area contributed by atoms with Gasteiger partial charge in [0, 0.05) is 6.07 Å². The van der Waals surface area contributed by atoms with Crippen LogP contribution in [0.4, 0.5) is 10.5 Å². The topological polar surface area (TPSA) is 95.3 Å². The van der Waals surface area contributed by atoms with Crippen molar-refractivity contribution in [1.29, 1.82) is 5.26 Å². The van der Waals surface area contributed by atoms with Crippen molar-refractivity contribution in [3.05, 3.63) is 47.7 Å². The highest BCUT2D eigenvalue weighted by Crippen LogP contribution is 2.28. The Morgan fingerprint density at radius 1 is 1.30 bits per heavy atom. The van der Waals surface area contributed by atoms with Crippen LogP contribution in [0.5, 0.6) is 11.6 Å². The summed E-state index contributed by atoms with van der Waals surface area (Å²) in [5.41, 5.74) is 1.91. The maximum atomic E-state index is 12.2. The summed E-state index contributed by atoms with van der Waals surface area (Å²) in [5.74, 6) is 0.799. The predicted octanol–water partition coefficient (Wildman–Crippen LogP) is 3.70. The summed E-state index contributed by atoms with van der Waals surface area (Å²) in [7, 11) is 0. The zero-order chi connectivity index (χ0) is 19.6. The number of pyridine rings is 1. The maximum absolute atomic E-state index is 12.2. The number of carbonyl (C=O) groups excluding carboxylic acids is 2. The van der Waals surface area contributed by atoms with E-state index in [1.807, 2.05) is 26.8 Å². The molecule has 1 aliphatic rings. The minimum Gasteiger partial charge on any atom is -0.439 e. The van der Waals surface area contributed by atoms with Crippen molar-refractivity contribution in [3.8, 4) is 17.7 Å². The number of rotatable bonds is 5. The van der Waals surface area contributed by atoms with Crippen LogP contribution in [-0.4, -0.2) is 23.0 Å². The van der Waals surface area contributed by atoms with Gasteiger partial charge in [-0.3, -0.25) is 4.79 Å². The number of urea groups is 1. The van der Waals surface area contributed by atoms with Gasteiger partial charge in [-0.05, 0) is 42.2 Å². The number of amides is 3. The fourth-order valence-corrected chi connectivity index (χ4v) is 2.92. The molecule has 0 radical (unpaired) electrons. The number of hydrogen-bond donors (Lipinski definition) is 1. The van der Waals surface area contributed by atoms with Crippen LogP contribution in [0.25, 0.3) is 0 Å².